The lowest BCUT2D eigenvalue weighted by atomic mass is 9.83. The van der Waals surface area contributed by atoms with Gasteiger partial charge in [-0.3, -0.25) is 0 Å². The van der Waals surface area contributed by atoms with Crippen LogP contribution in [-0.2, 0) is 0 Å². The number of hydrogen-bond donors (Lipinski definition) is 0. The first-order chi connectivity index (χ1) is 21.6. The molecule has 0 fully saturated rings. The minimum Gasteiger partial charge on any atom is -1.00 e. The molecule has 0 atom stereocenters. The Hall–Kier alpha value is -4.72. The molecule has 0 N–H and O–H groups in total. The molecule has 0 bridgehead atoms. The third kappa shape index (κ3) is 7.33. The molecule has 2 aromatic heterocycles. The predicted octanol–water partition coefficient (Wildman–Crippen LogP) is 5.30. The number of hydrogen-bond acceptors (Lipinski definition) is 4. The van der Waals surface area contributed by atoms with Gasteiger partial charge in [0.25, 0.3) is 5.13 Å². The van der Waals surface area contributed by atoms with Gasteiger partial charge in [-0.05, 0) is 77.2 Å². The molecular formula is C38H33BrN5S. The summed E-state index contributed by atoms with van der Waals surface area (Å²) in [5, 5.41) is 10.2. The molecule has 7 rings (SSSR count). The van der Waals surface area contributed by atoms with E-state index in [9.17, 15) is 0 Å². The van der Waals surface area contributed by atoms with Gasteiger partial charge in [0.05, 0.1) is 22.3 Å². The number of aryl methyl sites for hydroxylation is 3. The predicted molar refractivity (Wildman–Crippen MR) is 178 cm³/mol. The van der Waals surface area contributed by atoms with Crippen molar-refractivity contribution in [2.45, 2.75) is 20.8 Å². The first kappa shape index (κ1) is 31.7. The third-order valence-electron chi connectivity index (χ3n) is 7.31. The van der Waals surface area contributed by atoms with E-state index in [1.54, 1.807) is 20.9 Å². The Bertz CT molecular complexity index is 1880. The van der Waals surface area contributed by atoms with Gasteiger partial charge in [-0.1, -0.05) is 133 Å². The van der Waals surface area contributed by atoms with Gasteiger partial charge in [-0.25, -0.2) is 4.98 Å². The molecule has 45 heavy (non-hydrogen) atoms. The fourth-order valence-corrected chi connectivity index (χ4v) is 5.77. The van der Waals surface area contributed by atoms with Gasteiger partial charge >= 0.3 is 5.82 Å². The molecule has 0 aliphatic rings. The standard InChI is InChI=1S/C20H17.C18H16N5S.BrH/c1-16-10-8-9-15-19(16)20(17-11-4-2-5-12-17)18-13-6-3-7-14-18;1-13-14(2)24-18(19-13)23-21-17(15-9-5-3-6-10-15)20-22(23)16-11-7-4-8-12-16;/h2-15H,1H3;3-12H,1-2H3;1H/q;+1;/p-1. The zero-order chi connectivity index (χ0) is 30.3. The maximum atomic E-state index is 4.70. The van der Waals surface area contributed by atoms with E-state index in [0.717, 1.165) is 22.1 Å². The van der Waals surface area contributed by atoms with Crippen molar-refractivity contribution in [1.82, 2.24) is 20.0 Å². The second kappa shape index (κ2) is 14.8. The van der Waals surface area contributed by atoms with Crippen LogP contribution < -0.4 is 21.8 Å². The summed E-state index contributed by atoms with van der Waals surface area (Å²) in [4.78, 5) is 9.37. The van der Waals surface area contributed by atoms with Crippen molar-refractivity contribution in [3.8, 4) is 22.2 Å². The number of thiazole rings is 1. The largest absolute Gasteiger partial charge is 1.00 e. The van der Waals surface area contributed by atoms with Crippen molar-refractivity contribution >= 4 is 11.3 Å². The number of nitrogens with zero attached hydrogens (tertiary/aromatic N) is 5. The van der Waals surface area contributed by atoms with E-state index in [1.165, 1.54) is 33.0 Å². The monoisotopic (exact) mass is 670 g/mol. The van der Waals surface area contributed by atoms with Gasteiger partial charge in [0.2, 0.25) is 0 Å². The van der Waals surface area contributed by atoms with Crippen molar-refractivity contribution in [3.63, 3.8) is 0 Å². The minimum absolute atomic E-state index is 0. The molecule has 223 valence electrons. The number of halogens is 1. The van der Waals surface area contributed by atoms with E-state index < -0.39 is 0 Å². The lowest BCUT2D eigenvalue weighted by Gasteiger charge is -2.19. The van der Waals surface area contributed by atoms with Crippen LogP contribution in [0.5, 0.6) is 0 Å². The Labute approximate surface area is 279 Å². The molecule has 0 amide bonds. The van der Waals surface area contributed by atoms with E-state index in [0.29, 0.717) is 5.82 Å². The lowest BCUT2D eigenvalue weighted by molar-refractivity contribution is -0.734. The van der Waals surface area contributed by atoms with E-state index in [2.05, 4.69) is 104 Å². The average molecular weight is 672 g/mol. The molecule has 0 saturated heterocycles. The zero-order valence-corrected chi connectivity index (χ0v) is 27.8. The van der Waals surface area contributed by atoms with E-state index >= 15 is 0 Å². The Kier molecular flexibility index (Phi) is 10.5. The molecule has 7 heteroatoms. The van der Waals surface area contributed by atoms with E-state index in [1.807, 2.05) is 67.6 Å². The fraction of sp³-hybridized carbons (Fsp3) is 0.0789. The van der Waals surface area contributed by atoms with Crippen LogP contribution in [0, 0.1) is 26.7 Å². The van der Waals surface area contributed by atoms with Crippen LogP contribution in [0.1, 0.15) is 32.8 Å². The molecule has 5 aromatic carbocycles. The Morgan fingerprint density at radius 1 is 0.622 bits per heavy atom. The van der Waals surface area contributed by atoms with Gasteiger partial charge < -0.3 is 17.0 Å². The molecule has 0 aliphatic heterocycles. The van der Waals surface area contributed by atoms with Crippen LogP contribution in [0.25, 0.3) is 22.2 Å². The quantitative estimate of drug-likeness (QED) is 0.178. The van der Waals surface area contributed by atoms with Crippen LogP contribution in [0.15, 0.2) is 146 Å². The van der Waals surface area contributed by atoms with Crippen LogP contribution in [0.2, 0.25) is 0 Å². The summed E-state index contributed by atoms with van der Waals surface area (Å²) in [6.45, 7) is 6.25. The van der Waals surface area contributed by atoms with Crippen molar-refractivity contribution in [1.29, 1.82) is 0 Å². The summed E-state index contributed by atoms with van der Waals surface area (Å²) in [7, 11) is 0. The second-order valence-corrected chi connectivity index (χ2v) is 11.5. The smallest absolute Gasteiger partial charge is 0.340 e. The molecule has 5 nitrogen and oxygen atoms in total. The highest BCUT2D eigenvalue weighted by Crippen LogP contribution is 2.32. The number of rotatable bonds is 6. The molecule has 1 radical (unpaired) electrons. The number of aromatic nitrogens is 5. The highest BCUT2D eigenvalue weighted by atomic mass is 79.9. The first-order valence-corrected chi connectivity index (χ1v) is 15.4. The number of para-hydroxylation sites is 1. The first-order valence-electron chi connectivity index (χ1n) is 14.6. The number of benzene rings is 5. The fourth-order valence-electron chi connectivity index (χ4n) is 4.92. The summed E-state index contributed by atoms with van der Waals surface area (Å²) in [6, 6.07) is 49.7. The SMILES string of the molecule is Cc1ccccc1[C](c1ccccc1)c1ccccc1.Cc1nc(-n2nc(-c3ccccc3)n[n+]2-c2ccccc2)sc1C.[Br-]. The van der Waals surface area contributed by atoms with Crippen molar-refractivity contribution in [2.75, 3.05) is 0 Å². The molecular weight excluding hydrogens is 638 g/mol. The Morgan fingerprint density at radius 3 is 1.67 bits per heavy atom. The highest BCUT2D eigenvalue weighted by molar-refractivity contribution is 7.14. The normalized spacial score (nSPS) is 10.6. The van der Waals surface area contributed by atoms with E-state index in [-0.39, 0.29) is 17.0 Å². The summed E-state index contributed by atoms with van der Waals surface area (Å²) in [5.74, 6) is 1.97. The van der Waals surface area contributed by atoms with Crippen LogP contribution >= 0.6 is 11.3 Å². The van der Waals surface area contributed by atoms with Gasteiger partial charge in [-0.15, -0.1) is 0 Å². The van der Waals surface area contributed by atoms with Gasteiger partial charge in [0, 0.05) is 9.67 Å². The molecule has 7 aromatic rings. The molecule has 0 spiro atoms. The Morgan fingerprint density at radius 2 is 1.13 bits per heavy atom. The highest BCUT2D eigenvalue weighted by Gasteiger charge is 2.25. The van der Waals surface area contributed by atoms with E-state index in [4.69, 9.17) is 10.2 Å². The molecule has 0 aliphatic carbocycles. The summed E-state index contributed by atoms with van der Waals surface area (Å²) >= 11 is 1.61. The Balaban J connectivity index is 0.000000177. The lowest BCUT2D eigenvalue weighted by Crippen LogP contribution is -3.00. The second-order valence-electron chi connectivity index (χ2n) is 10.4. The topological polar surface area (TPSA) is 47.5 Å². The van der Waals surface area contributed by atoms with Crippen molar-refractivity contribution < 1.29 is 21.8 Å². The summed E-state index contributed by atoms with van der Waals surface area (Å²) < 4.78 is 0. The summed E-state index contributed by atoms with van der Waals surface area (Å²) in [5.41, 5.74) is 8.05. The van der Waals surface area contributed by atoms with Crippen LogP contribution in [-0.4, -0.2) is 20.0 Å². The van der Waals surface area contributed by atoms with Crippen molar-refractivity contribution in [2.24, 2.45) is 0 Å². The minimum atomic E-state index is 0. The van der Waals surface area contributed by atoms with Gasteiger partial charge in [0.1, 0.15) is 0 Å². The average Bonchev–Trinajstić information content (AvgIpc) is 3.67. The van der Waals surface area contributed by atoms with Crippen LogP contribution in [0.4, 0.5) is 0 Å². The van der Waals surface area contributed by atoms with Gasteiger partial charge in [0.15, 0.2) is 5.69 Å². The molecule has 0 unspecified atom stereocenters. The van der Waals surface area contributed by atoms with Gasteiger partial charge in [-0.2, -0.15) is 0 Å². The maximum absolute atomic E-state index is 4.70. The third-order valence-corrected chi connectivity index (χ3v) is 8.34. The zero-order valence-electron chi connectivity index (χ0n) is 25.4. The summed E-state index contributed by atoms with van der Waals surface area (Å²) in [6.07, 6.45) is 0. The molecule has 0 saturated carbocycles. The molecule has 2 heterocycles. The van der Waals surface area contributed by atoms with Crippen molar-refractivity contribution in [3.05, 3.63) is 184 Å². The number of tetrazole rings is 1. The van der Waals surface area contributed by atoms with Crippen LogP contribution in [0.3, 0.4) is 0 Å². The maximum Gasteiger partial charge on any atom is 0.340 e.